The summed E-state index contributed by atoms with van der Waals surface area (Å²) in [5.74, 6) is 0.532. The highest BCUT2D eigenvalue weighted by molar-refractivity contribution is 7.17. The van der Waals surface area contributed by atoms with Crippen LogP contribution < -0.4 is 5.32 Å². The molecule has 0 aromatic heterocycles. The van der Waals surface area contributed by atoms with Gasteiger partial charge in [-0.15, -0.1) is 4.52 Å². The molecule has 0 heterocycles. The van der Waals surface area contributed by atoms with Gasteiger partial charge in [0, 0.05) is 6.42 Å². The van der Waals surface area contributed by atoms with Crippen LogP contribution in [-0.2, 0) is 13.8 Å². The maximum absolute atomic E-state index is 11.7. The van der Waals surface area contributed by atoms with E-state index in [-0.39, 0.29) is 0 Å². The topological polar surface area (TPSA) is 64.6 Å². The Labute approximate surface area is 116 Å². The van der Waals surface area contributed by atoms with Crippen LogP contribution >= 0.6 is 8.69 Å². The van der Waals surface area contributed by atoms with Crippen molar-refractivity contribution in [2.75, 3.05) is 0 Å². The van der Waals surface area contributed by atoms with Gasteiger partial charge in [-0.05, 0) is 31.3 Å². The van der Waals surface area contributed by atoms with Gasteiger partial charge in [-0.25, -0.2) is 4.79 Å². The van der Waals surface area contributed by atoms with Crippen molar-refractivity contribution in [2.24, 2.45) is 5.92 Å². The minimum atomic E-state index is -0.874. The van der Waals surface area contributed by atoms with Gasteiger partial charge in [-0.1, -0.05) is 32.1 Å². The number of hydrogen-bond acceptors (Lipinski definition) is 4. The SMILES string of the molecule is CC(C)(C)OC(=O)NC(CC1CCCCC1)O[PH+]=O. The fourth-order valence-electron chi connectivity index (χ4n) is 2.36. The zero-order chi connectivity index (χ0) is 14.3. The highest BCUT2D eigenvalue weighted by Crippen LogP contribution is 2.28. The Bertz CT molecular complexity index is 298. The predicted molar refractivity (Wildman–Crippen MR) is 74.4 cm³/mol. The molecule has 1 aliphatic carbocycles. The third kappa shape index (κ3) is 7.48. The summed E-state index contributed by atoms with van der Waals surface area (Å²) >= 11 is 0. The summed E-state index contributed by atoms with van der Waals surface area (Å²) in [6, 6.07) is 0. The number of rotatable bonds is 5. The van der Waals surface area contributed by atoms with Gasteiger partial charge >= 0.3 is 14.8 Å². The first-order valence-electron chi connectivity index (χ1n) is 6.93. The summed E-state index contributed by atoms with van der Waals surface area (Å²) in [4.78, 5) is 11.7. The molecule has 5 nitrogen and oxygen atoms in total. The number of carbonyl (C=O) groups is 1. The zero-order valence-corrected chi connectivity index (χ0v) is 13.0. The van der Waals surface area contributed by atoms with Gasteiger partial charge in [-0.2, -0.15) is 0 Å². The molecule has 1 rings (SSSR count). The van der Waals surface area contributed by atoms with E-state index in [2.05, 4.69) is 5.32 Å². The first kappa shape index (κ1) is 16.4. The lowest BCUT2D eigenvalue weighted by atomic mass is 9.86. The van der Waals surface area contributed by atoms with Gasteiger partial charge in [0.05, 0.1) is 0 Å². The van der Waals surface area contributed by atoms with Crippen molar-refractivity contribution in [3.8, 4) is 0 Å². The lowest BCUT2D eigenvalue weighted by molar-refractivity contribution is 0.0371. The molecule has 1 fully saturated rings. The molecule has 0 aromatic carbocycles. The fraction of sp³-hybridized carbons (Fsp3) is 0.923. The van der Waals surface area contributed by atoms with Gasteiger partial charge in [0.1, 0.15) is 5.60 Å². The number of amides is 1. The zero-order valence-electron chi connectivity index (χ0n) is 12.0. The van der Waals surface area contributed by atoms with Crippen molar-refractivity contribution in [3.63, 3.8) is 0 Å². The third-order valence-electron chi connectivity index (χ3n) is 3.14. The highest BCUT2D eigenvalue weighted by atomic mass is 31.1. The predicted octanol–water partition coefficient (Wildman–Crippen LogP) is 3.76. The van der Waals surface area contributed by atoms with Crippen LogP contribution in [-0.4, -0.2) is 17.9 Å². The van der Waals surface area contributed by atoms with Crippen LogP contribution in [0.4, 0.5) is 4.79 Å². The normalized spacial score (nSPS) is 19.1. The average Bonchev–Trinajstić information content (AvgIpc) is 2.27. The van der Waals surface area contributed by atoms with E-state index < -0.39 is 26.6 Å². The molecule has 0 spiro atoms. The number of nitrogens with one attached hydrogen (secondary N) is 1. The molecule has 0 saturated heterocycles. The first-order valence-corrected chi connectivity index (χ1v) is 7.74. The second-order valence-corrected chi connectivity index (χ2v) is 6.48. The van der Waals surface area contributed by atoms with Crippen molar-refractivity contribution in [1.82, 2.24) is 5.32 Å². The summed E-state index contributed by atoms with van der Waals surface area (Å²) in [5.41, 5.74) is -0.542. The van der Waals surface area contributed by atoms with Gasteiger partial charge in [-0.3, -0.25) is 5.32 Å². The second kappa shape index (κ2) is 7.81. The van der Waals surface area contributed by atoms with E-state index in [0.717, 1.165) is 12.8 Å². The van der Waals surface area contributed by atoms with E-state index >= 15 is 0 Å². The molecule has 0 aromatic rings. The van der Waals surface area contributed by atoms with E-state index in [9.17, 15) is 9.36 Å². The van der Waals surface area contributed by atoms with Crippen LogP contribution in [0.5, 0.6) is 0 Å². The van der Waals surface area contributed by atoms with E-state index in [1.165, 1.54) is 19.3 Å². The van der Waals surface area contributed by atoms with E-state index in [0.29, 0.717) is 12.3 Å². The van der Waals surface area contributed by atoms with Crippen molar-refractivity contribution < 1.29 is 18.6 Å². The maximum atomic E-state index is 11.7. The fourth-order valence-corrected chi connectivity index (χ4v) is 2.63. The largest absolute Gasteiger partial charge is 0.496 e. The van der Waals surface area contributed by atoms with Crippen LogP contribution in [0.15, 0.2) is 0 Å². The lowest BCUT2D eigenvalue weighted by Crippen LogP contribution is -2.40. The Balaban J connectivity index is 2.42. The third-order valence-corrected chi connectivity index (χ3v) is 3.52. The van der Waals surface area contributed by atoms with Gasteiger partial charge in [0.2, 0.25) is 0 Å². The molecule has 0 bridgehead atoms. The Morgan fingerprint density at radius 3 is 2.47 bits per heavy atom. The molecular weight excluding hydrogens is 265 g/mol. The maximum Gasteiger partial charge on any atom is 0.496 e. The molecule has 2 atom stereocenters. The first-order chi connectivity index (χ1) is 8.90. The van der Waals surface area contributed by atoms with Gasteiger partial charge in [0.15, 0.2) is 6.23 Å². The number of hydrogen-bond donors (Lipinski definition) is 1. The molecule has 0 radical (unpaired) electrons. The molecular formula is C13H25NO4P+. The minimum absolute atomic E-state index is 0.520. The Morgan fingerprint density at radius 1 is 1.32 bits per heavy atom. The molecule has 6 heteroatoms. The molecule has 2 unspecified atom stereocenters. The highest BCUT2D eigenvalue weighted by Gasteiger charge is 2.25. The van der Waals surface area contributed by atoms with Crippen LogP contribution in [0, 0.1) is 5.92 Å². The minimum Gasteiger partial charge on any atom is -0.444 e. The lowest BCUT2D eigenvalue weighted by Gasteiger charge is -2.25. The van der Waals surface area contributed by atoms with Crippen LogP contribution in [0.2, 0.25) is 0 Å². The summed E-state index contributed by atoms with van der Waals surface area (Å²) < 4.78 is 20.9. The summed E-state index contributed by atoms with van der Waals surface area (Å²) in [5, 5.41) is 2.65. The number of alkyl carbamates (subject to hydrolysis) is 1. The Kier molecular flexibility index (Phi) is 6.73. The van der Waals surface area contributed by atoms with E-state index in [1.54, 1.807) is 20.8 Å². The van der Waals surface area contributed by atoms with Crippen LogP contribution in [0.25, 0.3) is 0 Å². The van der Waals surface area contributed by atoms with Crippen molar-refractivity contribution in [3.05, 3.63) is 0 Å². The summed E-state index contributed by atoms with van der Waals surface area (Å²) in [7, 11) is -0.874. The number of carbonyl (C=O) groups excluding carboxylic acids is 1. The van der Waals surface area contributed by atoms with Crippen LogP contribution in [0.1, 0.15) is 59.3 Å². The number of ether oxygens (including phenoxy) is 1. The Hall–Kier alpha value is -0.670. The second-order valence-electron chi connectivity index (χ2n) is 6.08. The van der Waals surface area contributed by atoms with Gasteiger partial charge < -0.3 is 4.74 Å². The van der Waals surface area contributed by atoms with E-state index in [4.69, 9.17) is 9.26 Å². The smallest absolute Gasteiger partial charge is 0.444 e. The van der Waals surface area contributed by atoms with Crippen molar-refractivity contribution >= 4 is 14.8 Å². The summed E-state index contributed by atoms with van der Waals surface area (Å²) in [6.07, 6.45) is 5.70. The monoisotopic (exact) mass is 290 g/mol. The molecule has 1 N–H and O–H groups in total. The van der Waals surface area contributed by atoms with Crippen molar-refractivity contribution in [2.45, 2.75) is 71.1 Å². The molecule has 110 valence electrons. The standard InChI is InChI=1S/C13H24NO4P/c1-13(2,3)17-12(15)14-11(18-19-16)9-10-7-5-4-6-8-10/h10-11,19H,4-9H2,1-3H3/p+1. The Morgan fingerprint density at radius 2 is 1.95 bits per heavy atom. The quantitative estimate of drug-likeness (QED) is 0.618. The molecule has 0 aliphatic heterocycles. The van der Waals surface area contributed by atoms with Gasteiger partial charge in [0.25, 0.3) is 0 Å². The van der Waals surface area contributed by atoms with Crippen molar-refractivity contribution in [1.29, 1.82) is 0 Å². The molecule has 19 heavy (non-hydrogen) atoms. The van der Waals surface area contributed by atoms with Crippen LogP contribution in [0.3, 0.4) is 0 Å². The molecule has 1 aliphatic rings. The molecule has 1 saturated carbocycles. The average molecular weight is 290 g/mol. The van der Waals surface area contributed by atoms with E-state index in [1.807, 2.05) is 0 Å². The summed E-state index contributed by atoms with van der Waals surface area (Å²) in [6.45, 7) is 5.41. The molecule has 1 amide bonds.